The summed E-state index contributed by atoms with van der Waals surface area (Å²) in [7, 11) is 1.46. The fourth-order valence-electron chi connectivity index (χ4n) is 2.54. The highest BCUT2D eigenvalue weighted by Gasteiger charge is 2.42. The maximum absolute atomic E-state index is 13.3. The summed E-state index contributed by atoms with van der Waals surface area (Å²) in [5, 5.41) is 8.88. The van der Waals surface area contributed by atoms with Crippen molar-refractivity contribution in [2.75, 3.05) is 7.05 Å². The fourth-order valence-corrected chi connectivity index (χ4v) is 2.54. The first-order valence-electron chi connectivity index (χ1n) is 7.66. The summed E-state index contributed by atoms with van der Waals surface area (Å²) in [6, 6.07) is 16.1. The molecule has 0 unspecified atom stereocenters. The molecule has 1 amide bonds. The van der Waals surface area contributed by atoms with Gasteiger partial charge in [0.15, 0.2) is 0 Å². The van der Waals surface area contributed by atoms with Gasteiger partial charge < -0.3 is 4.90 Å². The summed E-state index contributed by atoms with van der Waals surface area (Å²) in [5.74, 6) is -2.44. The van der Waals surface area contributed by atoms with E-state index in [1.54, 1.807) is 30.3 Å². The van der Waals surface area contributed by atoms with Gasteiger partial charge in [-0.05, 0) is 23.3 Å². The van der Waals surface area contributed by atoms with Crippen LogP contribution in [0, 0.1) is 11.3 Å². The molecule has 0 aliphatic carbocycles. The highest BCUT2D eigenvalue weighted by atomic mass is 19.4. The predicted molar refractivity (Wildman–Crippen MR) is 87.5 cm³/mol. The van der Waals surface area contributed by atoms with Crippen molar-refractivity contribution in [1.29, 1.82) is 5.26 Å². The third-order valence-corrected chi connectivity index (χ3v) is 3.88. The number of alkyl halides is 3. The number of hydrogen-bond donors (Lipinski definition) is 0. The smallest absolute Gasteiger partial charge is 0.341 e. The van der Waals surface area contributed by atoms with Crippen LogP contribution >= 0.6 is 0 Å². The Morgan fingerprint density at radius 2 is 1.84 bits per heavy atom. The molecule has 0 fully saturated rings. The lowest BCUT2D eigenvalue weighted by Crippen LogP contribution is -2.31. The Balaban J connectivity index is 2.11. The van der Waals surface area contributed by atoms with Crippen LogP contribution in [0.15, 0.2) is 54.6 Å². The summed E-state index contributed by atoms with van der Waals surface area (Å²) in [5.41, 5.74) is 1.21. The van der Waals surface area contributed by atoms with Crippen molar-refractivity contribution in [1.82, 2.24) is 4.90 Å². The van der Waals surface area contributed by atoms with Crippen LogP contribution < -0.4 is 0 Å². The van der Waals surface area contributed by atoms with E-state index in [1.807, 2.05) is 6.07 Å². The molecule has 130 valence electrons. The van der Waals surface area contributed by atoms with E-state index < -0.39 is 24.4 Å². The minimum atomic E-state index is -4.50. The van der Waals surface area contributed by atoms with E-state index in [1.165, 1.54) is 36.2 Å². The average molecular weight is 346 g/mol. The zero-order chi connectivity index (χ0) is 18.4. The molecule has 25 heavy (non-hydrogen) atoms. The molecule has 0 aliphatic rings. The molecule has 2 rings (SSSR count). The molecule has 0 spiro atoms. The van der Waals surface area contributed by atoms with E-state index in [9.17, 15) is 18.0 Å². The maximum atomic E-state index is 13.3. The Hall–Kier alpha value is -2.81. The van der Waals surface area contributed by atoms with Gasteiger partial charge in [-0.15, -0.1) is 0 Å². The van der Waals surface area contributed by atoms with Crippen molar-refractivity contribution in [2.45, 2.75) is 25.1 Å². The van der Waals surface area contributed by atoms with Crippen LogP contribution in [0.2, 0.25) is 0 Å². The van der Waals surface area contributed by atoms with Gasteiger partial charge in [0.2, 0.25) is 5.91 Å². The van der Waals surface area contributed by atoms with E-state index in [0.717, 1.165) is 0 Å². The quantitative estimate of drug-likeness (QED) is 0.812. The zero-order valence-electron chi connectivity index (χ0n) is 13.6. The first kappa shape index (κ1) is 18.5. The van der Waals surface area contributed by atoms with Gasteiger partial charge in [-0.3, -0.25) is 4.79 Å². The number of carbonyl (C=O) groups is 1. The third-order valence-electron chi connectivity index (χ3n) is 3.88. The van der Waals surface area contributed by atoms with Crippen molar-refractivity contribution in [3.05, 3.63) is 71.3 Å². The van der Waals surface area contributed by atoms with E-state index in [0.29, 0.717) is 11.1 Å². The number of hydrogen-bond acceptors (Lipinski definition) is 2. The lowest BCUT2D eigenvalue weighted by Gasteiger charge is -2.24. The number of rotatable bonds is 5. The van der Waals surface area contributed by atoms with E-state index in [4.69, 9.17) is 5.26 Å². The van der Waals surface area contributed by atoms with E-state index in [2.05, 4.69) is 0 Å². The molecular formula is C19H17F3N2O. The first-order chi connectivity index (χ1) is 11.8. The predicted octanol–water partition coefficient (Wildman–Crippen LogP) is 4.25. The molecule has 0 aromatic heterocycles. The van der Waals surface area contributed by atoms with Gasteiger partial charge in [-0.1, -0.05) is 42.5 Å². The molecule has 0 saturated heterocycles. The monoisotopic (exact) mass is 346 g/mol. The van der Waals surface area contributed by atoms with E-state index in [-0.39, 0.29) is 12.1 Å². The van der Waals surface area contributed by atoms with Crippen LogP contribution in [0.1, 0.15) is 29.0 Å². The highest BCUT2D eigenvalue weighted by Crippen LogP contribution is 2.37. The molecule has 0 radical (unpaired) electrons. The Kier molecular flexibility index (Phi) is 5.81. The minimum Gasteiger partial charge on any atom is -0.341 e. The number of carbonyl (C=O) groups excluding carboxylic acids is 1. The molecule has 0 heterocycles. The average Bonchev–Trinajstić information content (AvgIpc) is 2.59. The molecule has 0 aliphatic heterocycles. The van der Waals surface area contributed by atoms with Crippen molar-refractivity contribution in [3.63, 3.8) is 0 Å². The fraction of sp³-hybridized carbons (Fsp3) is 0.263. The SMILES string of the molecule is CN(Cc1cccc(C#N)c1)C(=O)C[C@H](c1ccccc1)C(F)(F)F. The maximum Gasteiger partial charge on any atom is 0.396 e. The second-order valence-electron chi connectivity index (χ2n) is 5.77. The van der Waals surface area contributed by atoms with Gasteiger partial charge in [-0.2, -0.15) is 18.4 Å². The molecular weight excluding hydrogens is 329 g/mol. The number of nitrogens with zero attached hydrogens (tertiary/aromatic N) is 2. The highest BCUT2D eigenvalue weighted by molar-refractivity contribution is 5.77. The van der Waals surface area contributed by atoms with Gasteiger partial charge in [0, 0.05) is 20.0 Å². The lowest BCUT2D eigenvalue weighted by molar-refractivity contribution is -0.160. The van der Waals surface area contributed by atoms with Gasteiger partial charge in [0.25, 0.3) is 0 Å². The van der Waals surface area contributed by atoms with Crippen LogP contribution in [0.5, 0.6) is 0 Å². The number of amides is 1. The largest absolute Gasteiger partial charge is 0.396 e. The standard InChI is InChI=1S/C19H17F3N2O/c1-24(13-15-7-5-6-14(10-15)12-23)18(25)11-17(19(20,21)22)16-8-3-2-4-9-16/h2-10,17H,11,13H2,1H3/t17-/m1/s1. The molecule has 2 aromatic carbocycles. The normalized spacial score (nSPS) is 12.3. The summed E-state index contributed by atoms with van der Waals surface area (Å²) in [6.07, 6.45) is -5.15. The van der Waals surface area contributed by atoms with Crippen molar-refractivity contribution in [3.8, 4) is 6.07 Å². The molecule has 3 nitrogen and oxygen atoms in total. The van der Waals surface area contributed by atoms with Crippen LogP contribution in [0.3, 0.4) is 0 Å². The van der Waals surface area contributed by atoms with Gasteiger partial charge >= 0.3 is 6.18 Å². The third kappa shape index (κ3) is 5.08. The van der Waals surface area contributed by atoms with E-state index >= 15 is 0 Å². The molecule has 0 saturated carbocycles. The zero-order valence-corrected chi connectivity index (χ0v) is 13.6. The molecule has 2 aromatic rings. The van der Waals surface area contributed by atoms with Crippen LogP contribution in [0.25, 0.3) is 0 Å². The lowest BCUT2D eigenvalue weighted by atomic mass is 9.94. The topological polar surface area (TPSA) is 44.1 Å². The first-order valence-corrected chi connectivity index (χ1v) is 7.66. The van der Waals surface area contributed by atoms with Crippen molar-refractivity contribution in [2.24, 2.45) is 0 Å². The second-order valence-corrected chi connectivity index (χ2v) is 5.77. The summed E-state index contributed by atoms with van der Waals surface area (Å²) in [6.45, 7) is 0.147. The number of benzene rings is 2. The summed E-state index contributed by atoms with van der Waals surface area (Å²) >= 11 is 0. The number of nitriles is 1. The summed E-state index contributed by atoms with van der Waals surface area (Å²) < 4.78 is 40.0. The second kappa shape index (κ2) is 7.84. The van der Waals surface area contributed by atoms with Gasteiger partial charge in [0.05, 0.1) is 17.6 Å². The van der Waals surface area contributed by atoms with Crippen LogP contribution in [-0.2, 0) is 11.3 Å². The minimum absolute atomic E-state index is 0.0724. The molecule has 6 heteroatoms. The molecule has 0 bridgehead atoms. The molecule has 1 atom stereocenters. The van der Waals surface area contributed by atoms with Gasteiger partial charge in [0.1, 0.15) is 0 Å². The van der Waals surface area contributed by atoms with Crippen molar-refractivity contribution < 1.29 is 18.0 Å². The Labute approximate surface area is 144 Å². The van der Waals surface area contributed by atoms with Crippen LogP contribution in [0.4, 0.5) is 13.2 Å². The van der Waals surface area contributed by atoms with Crippen molar-refractivity contribution >= 4 is 5.91 Å². The Morgan fingerprint density at radius 3 is 2.44 bits per heavy atom. The Bertz CT molecular complexity index is 766. The van der Waals surface area contributed by atoms with Crippen LogP contribution in [-0.4, -0.2) is 24.0 Å². The summed E-state index contributed by atoms with van der Waals surface area (Å²) in [4.78, 5) is 13.5. The Morgan fingerprint density at radius 1 is 1.16 bits per heavy atom. The molecule has 0 N–H and O–H groups in total. The number of halogens is 3. The van der Waals surface area contributed by atoms with Gasteiger partial charge in [-0.25, -0.2) is 0 Å².